The number of aliphatic imine (C=N–C) groups is 1. The molecule has 25 heavy (non-hydrogen) atoms. The van der Waals surface area contributed by atoms with E-state index in [0.29, 0.717) is 25.6 Å². The molecule has 0 aromatic heterocycles. The van der Waals surface area contributed by atoms with Gasteiger partial charge in [0.2, 0.25) is 5.91 Å². The van der Waals surface area contributed by atoms with Crippen LogP contribution in [-0.2, 0) is 14.6 Å². The molecule has 1 N–H and O–H groups in total. The predicted octanol–water partition coefficient (Wildman–Crippen LogP) is 0.719. The van der Waals surface area contributed by atoms with Crippen molar-refractivity contribution in [1.29, 1.82) is 0 Å². The Kier molecular flexibility index (Phi) is 5.71. The number of guanidine groups is 1. The van der Waals surface area contributed by atoms with E-state index in [2.05, 4.69) is 10.3 Å². The van der Waals surface area contributed by atoms with Crippen molar-refractivity contribution in [3.05, 3.63) is 0 Å². The van der Waals surface area contributed by atoms with Gasteiger partial charge in [0.05, 0.1) is 15.9 Å². The largest absolute Gasteiger partial charge is 0.355 e. The minimum absolute atomic E-state index is 0.127. The van der Waals surface area contributed by atoms with E-state index >= 15 is 0 Å². The Morgan fingerprint density at radius 1 is 1.24 bits per heavy atom. The average Bonchev–Trinajstić information content (AvgIpc) is 3.00. The number of carbonyl (C=O) groups is 1. The summed E-state index contributed by atoms with van der Waals surface area (Å²) in [6, 6.07) is 0. The molecule has 0 aromatic carbocycles. The third-order valence-electron chi connectivity index (χ3n) is 5.56. The van der Waals surface area contributed by atoms with Gasteiger partial charge in [0, 0.05) is 40.8 Å². The van der Waals surface area contributed by atoms with Crippen molar-refractivity contribution >= 4 is 21.7 Å². The minimum Gasteiger partial charge on any atom is -0.355 e. The highest BCUT2D eigenvalue weighted by atomic mass is 32.2. The monoisotopic (exact) mass is 372 g/mol. The summed E-state index contributed by atoms with van der Waals surface area (Å²) in [4.78, 5) is 20.7. The standard InChI is InChI=1S/C17H32N4O3S/c1-16(2)13-21(10-11-25(16,23)24)15(18-3)19-12-17(8-6-7-9-17)14(22)20(4)5/h6-13H2,1-5H3,(H,18,19). The molecule has 1 aliphatic heterocycles. The SMILES string of the molecule is CN=C(NCC1(C(=O)N(C)C)CCCC1)N1CCS(=O)(=O)C(C)(C)C1. The number of nitrogens with one attached hydrogen (secondary N) is 1. The van der Waals surface area contributed by atoms with E-state index in [9.17, 15) is 13.2 Å². The van der Waals surface area contributed by atoms with Crippen LogP contribution >= 0.6 is 0 Å². The van der Waals surface area contributed by atoms with Crippen molar-refractivity contribution in [2.24, 2.45) is 10.4 Å². The Morgan fingerprint density at radius 2 is 1.84 bits per heavy atom. The van der Waals surface area contributed by atoms with Crippen LogP contribution in [-0.4, -0.2) is 81.4 Å². The number of carbonyl (C=O) groups excluding carboxylic acids is 1. The lowest BCUT2D eigenvalue weighted by Gasteiger charge is -2.40. The lowest BCUT2D eigenvalue weighted by atomic mass is 9.84. The molecule has 0 spiro atoms. The Balaban J connectivity index is 2.09. The predicted molar refractivity (Wildman–Crippen MR) is 100 cm³/mol. The summed E-state index contributed by atoms with van der Waals surface area (Å²) < 4.78 is 23.6. The molecule has 1 aliphatic carbocycles. The van der Waals surface area contributed by atoms with Gasteiger partial charge in [0.1, 0.15) is 0 Å². The minimum atomic E-state index is -3.09. The van der Waals surface area contributed by atoms with Gasteiger partial charge in [0.15, 0.2) is 15.8 Å². The molecule has 7 nitrogen and oxygen atoms in total. The topological polar surface area (TPSA) is 82.1 Å². The van der Waals surface area contributed by atoms with Gasteiger partial charge in [-0.05, 0) is 26.7 Å². The number of hydrogen-bond donors (Lipinski definition) is 1. The molecule has 144 valence electrons. The first-order valence-electron chi connectivity index (χ1n) is 8.94. The van der Waals surface area contributed by atoms with Crippen LogP contribution in [0.2, 0.25) is 0 Å². The van der Waals surface area contributed by atoms with Crippen LogP contribution in [0, 0.1) is 5.41 Å². The zero-order chi connectivity index (χ0) is 18.9. The van der Waals surface area contributed by atoms with Crippen LogP contribution in [0.4, 0.5) is 0 Å². The third-order valence-corrected chi connectivity index (χ3v) is 8.09. The van der Waals surface area contributed by atoms with E-state index < -0.39 is 14.6 Å². The molecular formula is C17H32N4O3S. The van der Waals surface area contributed by atoms with Gasteiger partial charge in [-0.3, -0.25) is 9.79 Å². The van der Waals surface area contributed by atoms with E-state index in [0.717, 1.165) is 25.7 Å². The van der Waals surface area contributed by atoms with E-state index in [1.54, 1.807) is 39.9 Å². The molecule has 0 unspecified atom stereocenters. The summed E-state index contributed by atoms with van der Waals surface area (Å²) >= 11 is 0. The number of nitrogens with zero attached hydrogens (tertiary/aromatic N) is 3. The highest BCUT2D eigenvalue weighted by molar-refractivity contribution is 7.92. The maximum atomic E-state index is 12.7. The van der Waals surface area contributed by atoms with Crippen LogP contribution in [0.15, 0.2) is 4.99 Å². The number of amides is 1. The van der Waals surface area contributed by atoms with Gasteiger partial charge in [-0.2, -0.15) is 0 Å². The molecule has 0 bridgehead atoms. The zero-order valence-electron chi connectivity index (χ0n) is 16.1. The Morgan fingerprint density at radius 3 is 2.32 bits per heavy atom. The van der Waals surface area contributed by atoms with Crippen LogP contribution in [0.1, 0.15) is 39.5 Å². The fourth-order valence-corrected chi connectivity index (χ4v) is 5.26. The summed E-state index contributed by atoms with van der Waals surface area (Å²) in [6.07, 6.45) is 3.89. The van der Waals surface area contributed by atoms with Gasteiger partial charge in [0.25, 0.3) is 0 Å². The van der Waals surface area contributed by atoms with E-state index in [1.807, 2.05) is 4.90 Å². The summed E-state index contributed by atoms with van der Waals surface area (Å²) in [5.74, 6) is 0.970. The summed E-state index contributed by atoms with van der Waals surface area (Å²) in [7, 11) is 2.22. The molecule has 8 heteroatoms. The molecule has 1 amide bonds. The zero-order valence-corrected chi connectivity index (χ0v) is 16.9. The lowest BCUT2D eigenvalue weighted by molar-refractivity contribution is -0.138. The van der Waals surface area contributed by atoms with Crippen LogP contribution < -0.4 is 5.32 Å². The van der Waals surface area contributed by atoms with Gasteiger partial charge in [-0.1, -0.05) is 12.8 Å². The van der Waals surface area contributed by atoms with Gasteiger partial charge >= 0.3 is 0 Å². The Hall–Kier alpha value is -1.31. The molecule has 2 rings (SSSR count). The quantitative estimate of drug-likeness (QED) is 0.583. The first-order valence-corrected chi connectivity index (χ1v) is 10.6. The van der Waals surface area contributed by atoms with E-state index in [-0.39, 0.29) is 17.1 Å². The molecule has 0 aromatic rings. The summed E-state index contributed by atoms with van der Waals surface area (Å²) in [5.41, 5.74) is -0.378. The first-order chi connectivity index (χ1) is 11.5. The molecule has 0 radical (unpaired) electrons. The Bertz CT molecular complexity index is 634. The number of rotatable bonds is 3. The highest BCUT2D eigenvalue weighted by Gasteiger charge is 2.44. The molecule has 2 fully saturated rings. The van der Waals surface area contributed by atoms with Crippen molar-refractivity contribution in [2.45, 2.75) is 44.3 Å². The second kappa shape index (κ2) is 7.13. The summed E-state index contributed by atoms with van der Waals surface area (Å²) in [5, 5.41) is 3.36. The molecule has 1 saturated heterocycles. The molecule has 0 atom stereocenters. The van der Waals surface area contributed by atoms with Crippen molar-refractivity contribution in [2.75, 3.05) is 46.5 Å². The fourth-order valence-electron chi connectivity index (χ4n) is 3.90. The van der Waals surface area contributed by atoms with Crippen molar-refractivity contribution in [3.8, 4) is 0 Å². The second-order valence-corrected chi connectivity index (χ2v) is 10.8. The average molecular weight is 373 g/mol. The maximum absolute atomic E-state index is 12.7. The fraction of sp³-hybridized carbons (Fsp3) is 0.882. The molecular weight excluding hydrogens is 340 g/mol. The lowest BCUT2D eigenvalue weighted by Crippen LogP contribution is -2.58. The Labute approximate surface area is 151 Å². The molecule has 2 aliphatic rings. The van der Waals surface area contributed by atoms with Crippen LogP contribution in [0.25, 0.3) is 0 Å². The van der Waals surface area contributed by atoms with Crippen molar-refractivity contribution in [3.63, 3.8) is 0 Å². The van der Waals surface area contributed by atoms with E-state index in [4.69, 9.17) is 0 Å². The maximum Gasteiger partial charge on any atom is 0.230 e. The second-order valence-electron chi connectivity index (χ2n) is 8.09. The summed E-state index contributed by atoms with van der Waals surface area (Å²) in [6.45, 7) is 4.90. The van der Waals surface area contributed by atoms with Crippen LogP contribution in [0.5, 0.6) is 0 Å². The third kappa shape index (κ3) is 3.93. The molecule has 1 saturated carbocycles. The van der Waals surface area contributed by atoms with E-state index in [1.165, 1.54) is 0 Å². The number of sulfone groups is 1. The highest BCUT2D eigenvalue weighted by Crippen LogP contribution is 2.39. The molecule has 1 heterocycles. The van der Waals surface area contributed by atoms with Crippen molar-refractivity contribution in [1.82, 2.24) is 15.1 Å². The first kappa shape index (κ1) is 20.0. The normalized spacial score (nSPS) is 24.8. The van der Waals surface area contributed by atoms with Crippen molar-refractivity contribution < 1.29 is 13.2 Å². The van der Waals surface area contributed by atoms with Gasteiger partial charge < -0.3 is 15.1 Å². The smallest absolute Gasteiger partial charge is 0.230 e. The van der Waals surface area contributed by atoms with Crippen LogP contribution in [0.3, 0.4) is 0 Å². The van der Waals surface area contributed by atoms with Gasteiger partial charge in [-0.25, -0.2) is 8.42 Å². The number of hydrogen-bond acceptors (Lipinski definition) is 4. The van der Waals surface area contributed by atoms with Gasteiger partial charge in [-0.15, -0.1) is 0 Å².